The van der Waals surface area contributed by atoms with Gasteiger partial charge in [-0.15, -0.1) is 12.4 Å². The number of carbonyl (C=O) groups is 1. The monoisotopic (exact) mass is 385 g/mol. The number of aliphatic imine (C=N–C) groups is 1. The van der Waals surface area contributed by atoms with E-state index in [1.165, 1.54) is 44.2 Å². The second kappa shape index (κ2) is 9.43. The summed E-state index contributed by atoms with van der Waals surface area (Å²) in [5.41, 5.74) is 0.630. The Morgan fingerprint density at radius 2 is 1.96 bits per heavy atom. The van der Waals surface area contributed by atoms with E-state index >= 15 is 0 Å². The van der Waals surface area contributed by atoms with Gasteiger partial charge in [-0.05, 0) is 37.1 Å². The van der Waals surface area contributed by atoms with Crippen molar-refractivity contribution in [1.29, 1.82) is 0 Å². The lowest BCUT2D eigenvalue weighted by Gasteiger charge is -2.23. The van der Waals surface area contributed by atoms with Crippen molar-refractivity contribution in [2.45, 2.75) is 50.6 Å². The van der Waals surface area contributed by atoms with E-state index in [1.807, 2.05) is 7.05 Å². The molecule has 1 heterocycles. The average molecular weight is 386 g/mol. The fourth-order valence-electron chi connectivity index (χ4n) is 3.19. The van der Waals surface area contributed by atoms with Crippen LogP contribution >= 0.6 is 24.2 Å². The number of amidine groups is 1. The lowest BCUT2D eigenvalue weighted by molar-refractivity contribution is -0.116. The van der Waals surface area contributed by atoms with Gasteiger partial charge in [0.25, 0.3) is 0 Å². The Hall–Kier alpha value is -1.27. The van der Waals surface area contributed by atoms with E-state index in [-0.39, 0.29) is 30.2 Å². The Labute approximate surface area is 159 Å². The molecule has 1 aromatic carbocycles. The van der Waals surface area contributed by atoms with Crippen molar-refractivity contribution in [3.63, 3.8) is 0 Å². The van der Waals surface area contributed by atoms with Gasteiger partial charge in [0.05, 0.1) is 6.04 Å². The first kappa shape index (κ1) is 20.0. The zero-order chi connectivity index (χ0) is 16.9. The molecule has 1 N–H and O–H groups in total. The number of rotatable bonds is 4. The van der Waals surface area contributed by atoms with Gasteiger partial charge < -0.3 is 10.2 Å². The van der Waals surface area contributed by atoms with Crippen molar-refractivity contribution in [3.8, 4) is 0 Å². The van der Waals surface area contributed by atoms with Gasteiger partial charge >= 0.3 is 0 Å². The summed E-state index contributed by atoms with van der Waals surface area (Å²) in [4.78, 5) is 19.3. The largest absolute Gasteiger partial charge is 0.350 e. The molecule has 7 heteroatoms. The summed E-state index contributed by atoms with van der Waals surface area (Å²) in [5, 5.41) is 3.90. The van der Waals surface area contributed by atoms with Crippen LogP contribution in [0.1, 0.15) is 38.5 Å². The van der Waals surface area contributed by atoms with E-state index in [2.05, 4.69) is 10.2 Å². The normalized spacial score (nSPS) is 22.7. The van der Waals surface area contributed by atoms with Crippen molar-refractivity contribution in [3.05, 3.63) is 30.1 Å². The molecule has 0 spiro atoms. The maximum absolute atomic E-state index is 12.9. The Balaban J connectivity index is 0.00000225. The molecule has 1 aliphatic carbocycles. The van der Waals surface area contributed by atoms with Crippen molar-refractivity contribution >= 4 is 40.9 Å². The molecular formula is C18H25ClFN3OS. The summed E-state index contributed by atoms with van der Waals surface area (Å²) in [7, 11) is 2.03. The number of amides is 1. The minimum Gasteiger partial charge on any atom is -0.350 e. The Morgan fingerprint density at radius 1 is 1.28 bits per heavy atom. The van der Waals surface area contributed by atoms with Crippen molar-refractivity contribution < 1.29 is 9.18 Å². The van der Waals surface area contributed by atoms with Crippen LogP contribution in [0.25, 0.3) is 0 Å². The van der Waals surface area contributed by atoms with Crippen LogP contribution in [0.3, 0.4) is 0 Å². The molecule has 0 aromatic heterocycles. The SMILES string of the molecule is CN1C(=NC2CCCCC2)SCC1CC(=O)Nc1ccc(F)cc1.Cl. The van der Waals surface area contributed by atoms with Crippen molar-refractivity contribution in [2.24, 2.45) is 4.99 Å². The Bertz CT molecular complexity index is 605. The third-order valence-electron chi connectivity index (χ3n) is 4.67. The number of hydrogen-bond donors (Lipinski definition) is 1. The molecule has 1 saturated carbocycles. The number of anilines is 1. The van der Waals surface area contributed by atoms with Crippen LogP contribution in [0.5, 0.6) is 0 Å². The fourth-order valence-corrected chi connectivity index (χ4v) is 4.45. The van der Waals surface area contributed by atoms with Gasteiger partial charge in [-0.25, -0.2) is 4.39 Å². The minimum atomic E-state index is -0.302. The number of hydrogen-bond acceptors (Lipinski definition) is 3. The third kappa shape index (κ3) is 5.61. The van der Waals surface area contributed by atoms with Crippen LogP contribution in [0, 0.1) is 5.82 Å². The van der Waals surface area contributed by atoms with Gasteiger partial charge in [0.15, 0.2) is 5.17 Å². The first-order valence-corrected chi connectivity index (χ1v) is 9.59. The molecule has 2 fully saturated rings. The highest BCUT2D eigenvalue weighted by Crippen LogP contribution is 2.28. The number of nitrogens with zero attached hydrogens (tertiary/aromatic N) is 2. The summed E-state index contributed by atoms with van der Waals surface area (Å²) in [5.74, 6) is 0.542. The van der Waals surface area contributed by atoms with E-state index < -0.39 is 0 Å². The number of carbonyl (C=O) groups excluding carboxylic acids is 1. The summed E-state index contributed by atoms with van der Waals surface area (Å²) < 4.78 is 12.9. The van der Waals surface area contributed by atoms with Crippen LogP contribution in [-0.4, -0.2) is 40.9 Å². The molecule has 1 atom stereocenters. The molecule has 1 amide bonds. The van der Waals surface area contributed by atoms with Gasteiger partial charge in [-0.3, -0.25) is 9.79 Å². The maximum atomic E-state index is 12.9. The number of halogens is 2. The first-order valence-electron chi connectivity index (χ1n) is 8.60. The lowest BCUT2D eigenvalue weighted by Crippen LogP contribution is -2.34. The van der Waals surface area contributed by atoms with Crippen LogP contribution < -0.4 is 5.32 Å². The second-order valence-corrected chi connectivity index (χ2v) is 7.53. The zero-order valence-electron chi connectivity index (χ0n) is 14.4. The molecular weight excluding hydrogens is 361 g/mol. The van der Waals surface area contributed by atoms with Crippen LogP contribution in [-0.2, 0) is 4.79 Å². The Kier molecular flexibility index (Phi) is 7.56. The van der Waals surface area contributed by atoms with E-state index in [0.717, 1.165) is 10.9 Å². The van der Waals surface area contributed by atoms with Gasteiger partial charge in [0.2, 0.25) is 5.91 Å². The van der Waals surface area contributed by atoms with Gasteiger partial charge in [-0.1, -0.05) is 31.0 Å². The first-order chi connectivity index (χ1) is 11.6. The molecule has 25 heavy (non-hydrogen) atoms. The zero-order valence-corrected chi connectivity index (χ0v) is 16.0. The number of benzene rings is 1. The summed E-state index contributed by atoms with van der Waals surface area (Å²) in [6.45, 7) is 0. The molecule has 0 radical (unpaired) electrons. The van der Waals surface area contributed by atoms with Crippen LogP contribution in [0.15, 0.2) is 29.3 Å². The molecule has 1 aromatic rings. The quantitative estimate of drug-likeness (QED) is 0.839. The van der Waals surface area contributed by atoms with Crippen LogP contribution in [0.2, 0.25) is 0 Å². The predicted molar refractivity (Wildman–Crippen MR) is 105 cm³/mol. The molecule has 4 nitrogen and oxygen atoms in total. The van der Waals surface area contributed by atoms with E-state index in [1.54, 1.807) is 23.9 Å². The van der Waals surface area contributed by atoms with Crippen molar-refractivity contribution in [2.75, 3.05) is 18.1 Å². The van der Waals surface area contributed by atoms with E-state index in [9.17, 15) is 9.18 Å². The standard InChI is InChI=1S/C18H24FN3OS.ClH/c1-22-16(11-17(23)20-15-9-7-13(19)8-10-15)12-24-18(22)21-14-5-3-2-4-6-14;/h7-10,14,16H,2-6,11-12H2,1H3,(H,20,23);1H. The van der Waals surface area contributed by atoms with E-state index in [4.69, 9.17) is 4.99 Å². The highest BCUT2D eigenvalue weighted by molar-refractivity contribution is 8.14. The smallest absolute Gasteiger partial charge is 0.226 e. The highest BCUT2D eigenvalue weighted by Gasteiger charge is 2.29. The lowest BCUT2D eigenvalue weighted by atomic mass is 9.96. The third-order valence-corrected chi connectivity index (χ3v) is 5.87. The summed E-state index contributed by atoms with van der Waals surface area (Å²) >= 11 is 1.75. The number of thioether (sulfide) groups is 1. The predicted octanol–water partition coefficient (Wildman–Crippen LogP) is 4.31. The van der Waals surface area contributed by atoms with Gasteiger partial charge in [-0.2, -0.15) is 0 Å². The second-order valence-electron chi connectivity index (χ2n) is 6.54. The molecule has 2 aliphatic rings. The molecule has 0 bridgehead atoms. The fraction of sp³-hybridized carbons (Fsp3) is 0.556. The van der Waals surface area contributed by atoms with Gasteiger partial charge in [0.1, 0.15) is 5.82 Å². The maximum Gasteiger partial charge on any atom is 0.226 e. The highest BCUT2D eigenvalue weighted by atomic mass is 35.5. The van der Waals surface area contributed by atoms with Crippen LogP contribution in [0.4, 0.5) is 10.1 Å². The van der Waals surface area contributed by atoms with Gasteiger partial charge in [0, 0.05) is 31.0 Å². The topological polar surface area (TPSA) is 44.7 Å². The summed E-state index contributed by atoms with van der Waals surface area (Å²) in [6, 6.07) is 6.48. The molecule has 1 aliphatic heterocycles. The molecule has 3 rings (SSSR count). The average Bonchev–Trinajstić information content (AvgIpc) is 2.91. The Morgan fingerprint density at radius 3 is 2.64 bits per heavy atom. The summed E-state index contributed by atoms with van der Waals surface area (Å²) in [6.07, 6.45) is 6.68. The molecule has 138 valence electrons. The minimum absolute atomic E-state index is 0. The van der Waals surface area contributed by atoms with E-state index in [0.29, 0.717) is 18.2 Å². The molecule has 1 saturated heterocycles. The van der Waals surface area contributed by atoms with Crippen molar-refractivity contribution in [1.82, 2.24) is 4.90 Å². The number of nitrogens with one attached hydrogen (secondary N) is 1. The molecule has 1 unspecified atom stereocenters.